The second-order valence-corrected chi connectivity index (χ2v) is 4.65. The molecule has 0 saturated carbocycles. The Labute approximate surface area is 111 Å². The van der Waals surface area contributed by atoms with Crippen molar-refractivity contribution < 1.29 is 4.79 Å². The maximum atomic E-state index is 11.9. The van der Waals surface area contributed by atoms with Crippen molar-refractivity contribution in [2.24, 2.45) is 0 Å². The lowest BCUT2D eigenvalue weighted by atomic mass is 10.3. The molecule has 1 aromatic heterocycles. The minimum absolute atomic E-state index is 0. The molecule has 0 bridgehead atoms. The van der Waals surface area contributed by atoms with Crippen LogP contribution in [0.4, 0.5) is 0 Å². The third-order valence-electron chi connectivity index (χ3n) is 2.14. The number of hydrogen-bond acceptors (Lipinski definition) is 3. The summed E-state index contributed by atoms with van der Waals surface area (Å²) in [5.41, 5.74) is 0.965. The first-order valence-corrected chi connectivity index (χ1v) is 5.97. The largest absolute Gasteiger partial charge is 0.340 e. The Morgan fingerprint density at radius 1 is 1.62 bits per heavy atom. The number of hydrogen-bond donors (Lipinski definition) is 1. The molecule has 0 radical (unpaired) electrons. The number of carbonyl (C=O) groups is 1. The van der Waals surface area contributed by atoms with Gasteiger partial charge >= 0.3 is 0 Å². The topological polar surface area (TPSA) is 32.3 Å². The van der Waals surface area contributed by atoms with E-state index in [-0.39, 0.29) is 18.3 Å². The fraction of sp³-hybridized carbons (Fsp3) is 0.500. The van der Waals surface area contributed by atoms with Gasteiger partial charge in [-0.3, -0.25) is 4.79 Å². The van der Waals surface area contributed by atoms with Crippen molar-refractivity contribution in [3.8, 4) is 0 Å². The highest BCUT2D eigenvalue weighted by Gasteiger charge is 2.17. The Bertz CT molecular complexity index is 355. The molecule has 0 aromatic carbocycles. The van der Waals surface area contributed by atoms with Crippen LogP contribution in [0.1, 0.15) is 15.2 Å². The van der Waals surface area contributed by atoms with Crippen molar-refractivity contribution in [3.63, 3.8) is 0 Å². The lowest BCUT2D eigenvalue weighted by Gasteiger charge is -2.16. The minimum atomic E-state index is -0.00616. The van der Waals surface area contributed by atoms with Crippen molar-refractivity contribution in [3.05, 3.63) is 20.8 Å². The quantitative estimate of drug-likeness (QED) is 0.920. The lowest BCUT2D eigenvalue weighted by Crippen LogP contribution is -2.32. The van der Waals surface area contributed by atoms with Crippen molar-refractivity contribution in [2.45, 2.75) is 6.92 Å². The van der Waals surface area contributed by atoms with E-state index in [1.54, 1.807) is 11.9 Å². The zero-order valence-corrected chi connectivity index (χ0v) is 11.9. The van der Waals surface area contributed by atoms with E-state index in [0.29, 0.717) is 16.4 Å². The molecule has 92 valence electrons. The highest BCUT2D eigenvalue weighted by molar-refractivity contribution is 7.13. The third kappa shape index (κ3) is 3.63. The summed E-state index contributed by atoms with van der Waals surface area (Å²) in [5, 5.41) is 5.49. The molecule has 0 fully saturated rings. The number of halogens is 2. The maximum absolute atomic E-state index is 11.9. The van der Waals surface area contributed by atoms with E-state index < -0.39 is 0 Å². The van der Waals surface area contributed by atoms with E-state index in [0.717, 1.165) is 12.1 Å². The predicted molar refractivity (Wildman–Crippen MR) is 72.2 cm³/mol. The van der Waals surface area contributed by atoms with Crippen LogP contribution in [0.2, 0.25) is 5.02 Å². The van der Waals surface area contributed by atoms with Gasteiger partial charge < -0.3 is 10.2 Å². The number of carbonyl (C=O) groups excluding carboxylic acids is 1. The van der Waals surface area contributed by atoms with Gasteiger partial charge in [-0.25, -0.2) is 0 Å². The number of thiophene rings is 1. The van der Waals surface area contributed by atoms with E-state index in [4.69, 9.17) is 11.6 Å². The molecular formula is C10H16Cl2N2OS. The molecule has 0 saturated heterocycles. The van der Waals surface area contributed by atoms with E-state index in [1.165, 1.54) is 11.3 Å². The number of rotatable bonds is 4. The average Bonchev–Trinajstić information content (AvgIpc) is 2.55. The molecule has 0 spiro atoms. The van der Waals surface area contributed by atoms with Crippen LogP contribution in [0.5, 0.6) is 0 Å². The van der Waals surface area contributed by atoms with Gasteiger partial charge in [-0.15, -0.1) is 23.7 Å². The van der Waals surface area contributed by atoms with Crippen molar-refractivity contribution in [2.75, 3.05) is 27.2 Å². The summed E-state index contributed by atoms with van der Waals surface area (Å²) in [6.45, 7) is 3.37. The monoisotopic (exact) mass is 282 g/mol. The van der Waals surface area contributed by atoms with E-state index >= 15 is 0 Å². The van der Waals surface area contributed by atoms with Gasteiger partial charge in [0, 0.05) is 20.1 Å². The molecule has 0 atom stereocenters. The van der Waals surface area contributed by atoms with Gasteiger partial charge in [0.1, 0.15) is 4.88 Å². The molecule has 0 aliphatic heterocycles. The minimum Gasteiger partial charge on any atom is -0.340 e. The summed E-state index contributed by atoms with van der Waals surface area (Å²) >= 11 is 7.43. The molecule has 0 aliphatic carbocycles. The number of nitrogens with zero attached hydrogens (tertiary/aromatic N) is 1. The standard InChI is InChI=1S/C10H15ClN2OS.ClH/c1-7-6-15-9(8(7)11)10(14)13(3)5-4-12-2;/h6,12H,4-5H2,1-3H3;1H. The Morgan fingerprint density at radius 3 is 2.69 bits per heavy atom. The van der Waals surface area contributed by atoms with Crippen molar-refractivity contribution >= 4 is 41.3 Å². The van der Waals surface area contributed by atoms with Gasteiger partial charge in [-0.1, -0.05) is 11.6 Å². The molecule has 1 aromatic rings. The molecule has 0 aliphatic rings. The smallest absolute Gasteiger partial charge is 0.265 e. The highest BCUT2D eigenvalue weighted by Crippen LogP contribution is 2.27. The fourth-order valence-electron chi connectivity index (χ4n) is 1.13. The molecule has 6 heteroatoms. The summed E-state index contributed by atoms with van der Waals surface area (Å²) in [7, 11) is 3.64. The lowest BCUT2D eigenvalue weighted by molar-refractivity contribution is 0.0801. The van der Waals surface area contributed by atoms with Crippen LogP contribution in [0.3, 0.4) is 0 Å². The van der Waals surface area contributed by atoms with E-state index in [9.17, 15) is 4.79 Å². The summed E-state index contributed by atoms with van der Waals surface area (Å²) in [4.78, 5) is 14.2. The third-order valence-corrected chi connectivity index (χ3v) is 3.82. The molecule has 1 heterocycles. The van der Waals surface area contributed by atoms with Gasteiger partial charge in [0.05, 0.1) is 5.02 Å². The van der Waals surface area contributed by atoms with E-state index in [1.807, 2.05) is 19.4 Å². The van der Waals surface area contributed by atoms with Crippen molar-refractivity contribution in [1.82, 2.24) is 10.2 Å². The highest BCUT2D eigenvalue weighted by atomic mass is 35.5. The first kappa shape index (κ1) is 15.7. The fourth-order valence-corrected chi connectivity index (χ4v) is 2.40. The van der Waals surface area contributed by atoms with Crippen LogP contribution in [0.15, 0.2) is 5.38 Å². The average molecular weight is 283 g/mol. The second-order valence-electron chi connectivity index (χ2n) is 3.39. The Balaban J connectivity index is 0.00000225. The van der Waals surface area contributed by atoms with Crippen LogP contribution < -0.4 is 5.32 Å². The van der Waals surface area contributed by atoms with Crippen molar-refractivity contribution in [1.29, 1.82) is 0 Å². The van der Waals surface area contributed by atoms with Gasteiger partial charge in [-0.2, -0.15) is 0 Å². The summed E-state index contributed by atoms with van der Waals surface area (Å²) in [6.07, 6.45) is 0. The summed E-state index contributed by atoms with van der Waals surface area (Å²) < 4.78 is 0. The number of likely N-dealkylation sites (N-methyl/N-ethyl adjacent to an activating group) is 2. The van der Waals surface area contributed by atoms with Crippen LogP contribution in [-0.2, 0) is 0 Å². The summed E-state index contributed by atoms with van der Waals surface area (Å²) in [5.74, 6) is -0.00616. The van der Waals surface area contributed by atoms with Gasteiger partial charge in [-0.05, 0) is 24.9 Å². The second kappa shape index (κ2) is 7.12. The SMILES string of the molecule is CNCCN(C)C(=O)c1scc(C)c1Cl.Cl. The van der Waals surface area contributed by atoms with Gasteiger partial charge in [0.2, 0.25) is 0 Å². The number of aryl methyl sites for hydroxylation is 1. The number of amides is 1. The summed E-state index contributed by atoms with van der Waals surface area (Å²) in [6, 6.07) is 0. The zero-order chi connectivity index (χ0) is 11.4. The maximum Gasteiger partial charge on any atom is 0.265 e. The normalized spacial score (nSPS) is 9.75. The molecule has 16 heavy (non-hydrogen) atoms. The van der Waals surface area contributed by atoms with Crippen LogP contribution >= 0.6 is 35.3 Å². The molecular weight excluding hydrogens is 267 g/mol. The first-order valence-electron chi connectivity index (χ1n) is 4.71. The Hall–Kier alpha value is -0.290. The first-order chi connectivity index (χ1) is 7.07. The number of nitrogens with one attached hydrogen (secondary N) is 1. The molecule has 1 amide bonds. The van der Waals surface area contributed by atoms with Crippen LogP contribution in [-0.4, -0.2) is 38.0 Å². The van der Waals surface area contributed by atoms with Gasteiger partial charge in [0.25, 0.3) is 5.91 Å². The molecule has 1 N–H and O–H groups in total. The van der Waals surface area contributed by atoms with Crippen LogP contribution in [0.25, 0.3) is 0 Å². The Kier molecular flexibility index (Phi) is 6.99. The molecule has 0 unspecified atom stereocenters. The molecule has 1 rings (SSSR count). The predicted octanol–water partition coefficient (Wildman–Crippen LogP) is 2.42. The Morgan fingerprint density at radius 2 is 2.25 bits per heavy atom. The van der Waals surface area contributed by atoms with Crippen LogP contribution in [0, 0.1) is 6.92 Å². The van der Waals surface area contributed by atoms with E-state index in [2.05, 4.69) is 5.32 Å². The van der Waals surface area contributed by atoms with Gasteiger partial charge in [0.15, 0.2) is 0 Å². The zero-order valence-electron chi connectivity index (χ0n) is 9.54. The molecule has 3 nitrogen and oxygen atoms in total.